The van der Waals surface area contributed by atoms with Gasteiger partial charge in [-0.2, -0.15) is 0 Å². The molecule has 2 aromatic carbocycles. The monoisotopic (exact) mass is 332 g/mol. The van der Waals surface area contributed by atoms with Gasteiger partial charge in [0.2, 0.25) is 0 Å². The summed E-state index contributed by atoms with van der Waals surface area (Å²) in [5, 5.41) is 0. The van der Waals surface area contributed by atoms with E-state index in [2.05, 4.69) is 15.9 Å². The molecule has 0 radical (unpaired) electrons. The second kappa shape index (κ2) is 5.74. The molecule has 1 atom stereocenters. The van der Waals surface area contributed by atoms with Crippen LogP contribution in [-0.2, 0) is 6.42 Å². The van der Waals surface area contributed by atoms with Gasteiger partial charge in [-0.25, -0.2) is 17.6 Å². The van der Waals surface area contributed by atoms with Crippen LogP contribution in [0.4, 0.5) is 17.6 Å². The largest absolute Gasteiger partial charge is 0.207 e. The lowest BCUT2D eigenvalue weighted by Gasteiger charge is -2.12. The third-order valence-corrected chi connectivity index (χ3v) is 3.56. The molecule has 100 valence electrons. The van der Waals surface area contributed by atoms with Crippen LogP contribution in [0.1, 0.15) is 16.0 Å². The van der Waals surface area contributed by atoms with Crippen LogP contribution in [0.3, 0.4) is 0 Å². The summed E-state index contributed by atoms with van der Waals surface area (Å²) in [5.41, 5.74) is -0.129. The van der Waals surface area contributed by atoms with Crippen molar-refractivity contribution in [3.05, 3.63) is 70.8 Å². The van der Waals surface area contributed by atoms with Gasteiger partial charge in [0.25, 0.3) is 0 Å². The highest BCUT2D eigenvalue weighted by Crippen LogP contribution is 2.31. The molecular weight excluding hydrogens is 324 g/mol. The van der Waals surface area contributed by atoms with Crippen molar-refractivity contribution in [2.45, 2.75) is 11.2 Å². The third-order valence-electron chi connectivity index (χ3n) is 2.74. The second-order valence-corrected chi connectivity index (χ2v) is 5.14. The van der Waals surface area contributed by atoms with Gasteiger partial charge < -0.3 is 0 Å². The first kappa shape index (κ1) is 14.1. The molecule has 0 aliphatic heterocycles. The lowest BCUT2D eigenvalue weighted by molar-refractivity contribution is 0.548. The van der Waals surface area contributed by atoms with Crippen molar-refractivity contribution >= 4 is 15.9 Å². The molecule has 0 bridgehead atoms. The summed E-state index contributed by atoms with van der Waals surface area (Å²) in [4.78, 5) is -0.713. The van der Waals surface area contributed by atoms with Crippen LogP contribution in [0.25, 0.3) is 0 Å². The zero-order chi connectivity index (χ0) is 14.0. The van der Waals surface area contributed by atoms with E-state index in [0.717, 1.165) is 30.3 Å². The van der Waals surface area contributed by atoms with Gasteiger partial charge in [-0.3, -0.25) is 0 Å². The average molecular weight is 333 g/mol. The normalized spacial score (nSPS) is 12.5. The van der Waals surface area contributed by atoms with E-state index in [9.17, 15) is 17.6 Å². The van der Waals surface area contributed by atoms with E-state index in [1.807, 2.05) is 0 Å². The molecular formula is C14H9BrF4. The zero-order valence-electron chi connectivity index (χ0n) is 9.64. The predicted octanol–water partition coefficient (Wildman–Crippen LogP) is 4.92. The summed E-state index contributed by atoms with van der Waals surface area (Å²) in [6.07, 6.45) is -0.112. The number of hydrogen-bond acceptors (Lipinski definition) is 0. The van der Waals surface area contributed by atoms with Gasteiger partial charge in [0.05, 0.1) is 0 Å². The maximum atomic E-state index is 13.5. The average Bonchev–Trinajstić information content (AvgIpc) is 2.37. The molecule has 19 heavy (non-hydrogen) atoms. The van der Waals surface area contributed by atoms with Crippen molar-refractivity contribution in [1.82, 2.24) is 0 Å². The van der Waals surface area contributed by atoms with Crippen molar-refractivity contribution in [2.24, 2.45) is 0 Å². The Kier molecular flexibility index (Phi) is 4.24. The minimum atomic E-state index is -0.713. The van der Waals surface area contributed by atoms with E-state index in [-0.39, 0.29) is 17.5 Å². The van der Waals surface area contributed by atoms with E-state index in [4.69, 9.17) is 0 Å². The fourth-order valence-corrected chi connectivity index (χ4v) is 2.45. The fourth-order valence-electron chi connectivity index (χ4n) is 1.77. The molecule has 2 rings (SSSR count). The van der Waals surface area contributed by atoms with Gasteiger partial charge in [-0.05, 0) is 36.8 Å². The molecule has 0 spiro atoms. The summed E-state index contributed by atoms with van der Waals surface area (Å²) >= 11 is 3.14. The number of benzene rings is 2. The molecule has 0 saturated heterocycles. The van der Waals surface area contributed by atoms with Crippen LogP contribution < -0.4 is 0 Å². The van der Waals surface area contributed by atoms with E-state index in [0.29, 0.717) is 0 Å². The van der Waals surface area contributed by atoms with Crippen LogP contribution in [0, 0.1) is 23.3 Å². The zero-order valence-corrected chi connectivity index (χ0v) is 11.2. The Balaban J connectivity index is 2.31. The molecule has 5 heteroatoms. The van der Waals surface area contributed by atoms with Gasteiger partial charge in [-0.1, -0.05) is 22.0 Å². The number of hydrogen-bond donors (Lipinski definition) is 0. The molecule has 0 aromatic heterocycles. The Bertz CT molecular complexity index is 578. The highest BCUT2D eigenvalue weighted by Gasteiger charge is 2.18. The van der Waals surface area contributed by atoms with Crippen molar-refractivity contribution < 1.29 is 17.6 Å². The molecule has 0 fully saturated rings. The molecule has 0 N–H and O–H groups in total. The Morgan fingerprint density at radius 3 is 2.16 bits per heavy atom. The number of halogens is 5. The fraction of sp³-hybridized carbons (Fsp3) is 0.143. The van der Waals surface area contributed by atoms with Crippen molar-refractivity contribution in [3.63, 3.8) is 0 Å². The third kappa shape index (κ3) is 3.15. The smallest absolute Gasteiger partial charge is 0.129 e. The Labute approximate surface area is 116 Å². The summed E-state index contributed by atoms with van der Waals surface area (Å²) in [6.45, 7) is 0. The van der Waals surface area contributed by atoms with Crippen molar-refractivity contribution in [3.8, 4) is 0 Å². The Hall–Kier alpha value is -1.36. The maximum absolute atomic E-state index is 13.5. The van der Waals surface area contributed by atoms with E-state index in [1.54, 1.807) is 0 Å². The van der Waals surface area contributed by atoms with Crippen molar-refractivity contribution in [1.29, 1.82) is 0 Å². The minimum absolute atomic E-state index is 0.0302. The van der Waals surface area contributed by atoms with Crippen LogP contribution in [0.5, 0.6) is 0 Å². The van der Waals surface area contributed by atoms with Crippen LogP contribution in [0.2, 0.25) is 0 Å². The van der Waals surface area contributed by atoms with Gasteiger partial charge >= 0.3 is 0 Å². The van der Waals surface area contributed by atoms with E-state index in [1.165, 1.54) is 6.07 Å². The van der Waals surface area contributed by atoms with E-state index >= 15 is 0 Å². The standard InChI is InChI=1S/C14H9BrF4/c15-11(9-6-8(16)4-5-14(9)19)7-10-12(17)2-1-3-13(10)18/h1-6,11H,7H2. The molecule has 0 saturated carbocycles. The van der Waals surface area contributed by atoms with Gasteiger partial charge in [-0.15, -0.1) is 0 Å². The second-order valence-electron chi connectivity index (χ2n) is 4.04. The molecule has 0 aliphatic rings. The van der Waals surface area contributed by atoms with Crippen LogP contribution in [-0.4, -0.2) is 0 Å². The first-order valence-corrected chi connectivity index (χ1v) is 6.42. The topological polar surface area (TPSA) is 0 Å². The SMILES string of the molecule is Fc1ccc(F)c(C(Br)Cc2c(F)cccc2F)c1. The Morgan fingerprint density at radius 2 is 1.53 bits per heavy atom. The molecule has 0 aliphatic carbocycles. The van der Waals surface area contributed by atoms with Crippen molar-refractivity contribution in [2.75, 3.05) is 0 Å². The molecule has 0 amide bonds. The lowest BCUT2D eigenvalue weighted by Crippen LogP contribution is -2.03. The summed E-state index contributed by atoms with van der Waals surface area (Å²) in [5.74, 6) is -2.64. The van der Waals surface area contributed by atoms with Gasteiger partial charge in [0, 0.05) is 16.0 Å². The molecule has 1 unspecified atom stereocenters. The summed E-state index contributed by atoms with van der Waals surface area (Å²) in [7, 11) is 0. The quantitative estimate of drug-likeness (QED) is 0.552. The number of alkyl halides is 1. The molecule has 2 aromatic rings. The first-order chi connectivity index (χ1) is 8.99. The highest BCUT2D eigenvalue weighted by atomic mass is 79.9. The first-order valence-electron chi connectivity index (χ1n) is 5.51. The predicted molar refractivity (Wildman–Crippen MR) is 68.1 cm³/mol. The molecule has 0 heterocycles. The molecule has 0 nitrogen and oxygen atoms in total. The van der Waals surface area contributed by atoms with Gasteiger partial charge in [0.15, 0.2) is 0 Å². The Morgan fingerprint density at radius 1 is 0.895 bits per heavy atom. The summed E-state index contributed by atoms with van der Waals surface area (Å²) in [6, 6.07) is 6.48. The van der Waals surface area contributed by atoms with E-state index < -0.39 is 28.1 Å². The lowest BCUT2D eigenvalue weighted by atomic mass is 10.0. The highest BCUT2D eigenvalue weighted by molar-refractivity contribution is 9.09. The van der Waals surface area contributed by atoms with Crippen LogP contribution in [0.15, 0.2) is 36.4 Å². The van der Waals surface area contributed by atoms with Crippen LogP contribution >= 0.6 is 15.9 Å². The minimum Gasteiger partial charge on any atom is -0.207 e. The summed E-state index contributed by atoms with van der Waals surface area (Å²) < 4.78 is 53.6. The number of rotatable bonds is 3. The maximum Gasteiger partial charge on any atom is 0.129 e. The van der Waals surface area contributed by atoms with Gasteiger partial charge in [0.1, 0.15) is 23.3 Å².